The summed E-state index contributed by atoms with van der Waals surface area (Å²) in [5.41, 5.74) is 2.07. The van der Waals surface area contributed by atoms with Gasteiger partial charge in [0.05, 0.1) is 10.4 Å². The maximum absolute atomic E-state index is 13.3. The van der Waals surface area contributed by atoms with E-state index in [4.69, 9.17) is 0 Å². The lowest BCUT2D eigenvalue weighted by atomic mass is 10.0. The van der Waals surface area contributed by atoms with Crippen molar-refractivity contribution >= 4 is 39.6 Å². The molecule has 0 radical (unpaired) electrons. The van der Waals surface area contributed by atoms with Crippen LogP contribution in [0.25, 0.3) is 10.9 Å². The number of aryl methyl sites for hydroxylation is 1. The number of fused-ring (bicyclic) bond motifs is 1. The Hall–Kier alpha value is -1.51. The largest absolute Gasteiger partial charge is 0.335 e. The van der Waals surface area contributed by atoms with Crippen molar-refractivity contribution in [2.45, 2.75) is 63.8 Å². The molecule has 3 heterocycles. The minimum absolute atomic E-state index is 0.0275. The third-order valence-electron chi connectivity index (χ3n) is 6.81. The highest BCUT2D eigenvalue weighted by Crippen LogP contribution is 2.32. The molecule has 2 aliphatic rings. The van der Waals surface area contributed by atoms with Crippen LogP contribution in [0.2, 0.25) is 0 Å². The van der Waals surface area contributed by atoms with Crippen molar-refractivity contribution < 1.29 is 13.2 Å². The van der Waals surface area contributed by atoms with Gasteiger partial charge in [0, 0.05) is 31.1 Å². The summed E-state index contributed by atoms with van der Waals surface area (Å²) >= 11 is 4.60. The molecule has 8 heteroatoms. The van der Waals surface area contributed by atoms with E-state index < -0.39 is 10.0 Å². The van der Waals surface area contributed by atoms with E-state index in [1.54, 1.807) is 26.5 Å². The van der Waals surface area contributed by atoms with Crippen LogP contribution < -0.4 is 0 Å². The number of benzene rings is 1. The average Bonchev–Trinajstić information content (AvgIpc) is 2.98. The van der Waals surface area contributed by atoms with Gasteiger partial charge < -0.3 is 4.90 Å². The van der Waals surface area contributed by atoms with Gasteiger partial charge in [-0.1, -0.05) is 19.7 Å². The number of thiol groups is 1. The molecule has 0 saturated carbocycles. The van der Waals surface area contributed by atoms with Gasteiger partial charge in [0.15, 0.2) is 0 Å². The Morgan fingerprint density at radius 2 is 1.77 bits per heavy atom. The molecule has 2 aromatic rings. The van der Waals surface area contributed by atoms with Gasteiger partial charge in [-0.3, -0.25) is 8.77 Å². The zero-order chi connectivity index (χ0) is 21.6. The van der Waals surface area contributed by atoms with Crippen LogP contribution in [0.15, 0.2) is 23.1 Å². The summed E-state index contributed by atoms with van der Waals surface area (Å²) in [4.78, 5) is 15.5. The van der Waals surface area contributed by atoms with Crippen molar-refractivity contribution in [2.75, 3.05) is 19.6 Å². The first-order valence-electron chi connectivity index (χ1n) is 10.9. The van der Waals surface area contributed by atoms with E-state index >= 15 is 0 Å². The summed E-state index contributed by atoms with van der Waals surface area (Å²) < 4.78 is 29.6. The van der Waals surface area contributed by atoms with Crippen molar-refractivity contribution in [2.24, 2.45) is 5.92 Å². The van der Waals surface area contributed by atoms with Crippen molar-refractivity contribution in [1.29, 1.82) is 0 Å². The van der Waals surface area contributed by atoms with Crippen molar-refractivity contribution in [3.8, 4) is 0 Å². The first-order chi connectivity index (χ1) is 14.2. The molecule has 0 bridgehead atoms. The minimum atomic E-state index is -3.54. The highest BCUT2D eigenvalue weighted by Gasteiger charge is 2.31. The van der Waals surface area contributed by atoms with E-state index in [0.29, 0.717) is 24.7 Å². The summed E-state index contributed by atoms with van der Waals surface area (Å²) in [6.07, 6.45) is 4.94. The molecular weight excluding hydrogens is 418 g/mol. The number of amides is 1. The number of hydrogen-bond acceptors (Lipinski definition) is 4. The molecule has 1 aromatic heterocycles. The SMILES string of the molecule is Cc1c(C(=O)N2CCCCC2C)n(S)c2ccc(S(=O)(=O)N3CCC(C)CC3)cc12. The highest BCUT2D eigenvalue weighted by molar-refractivity contribution is 7.89. The smallest absolute Gasteiger partial charge is 0.271 e. The van der Waals surface area contributed by atoms with Crippen LogP contribution in [0.3, 0.4) is 0 Å². The lowest BCUT2D eigenvalue weighted by molar-refractivity contribution is 0.0628. The molecule has 0 spiro atoms. The van der Waals surface area contributed by atoms with Gasteiger partial charge in [0.25, 0.3) is 5.91 Å². The zero-order valence-electron chi connectivity index (χ0n) is 18.0. The third-order valence-corrected chi connectivity index (χ3v) is 9.12. The summed E-state index contributed by atoms with van der Waals surface area (Å²) in [5.74, 6) is 0.533. The molecule has 2 aliphatic heterocycles. The zero-order valence-corrected chi connectivity index (χ0v) is 19.7. The molecule has 164 valence electrons. The number of aromatic nitrogens is 1. The summed E-state index contributed by atoms with van der Waals surface area (Å²) in [7, 11) is -3.54. The van der Waals surface area contributed by atoms with Crippen LogP contribution in [0.4, 0.5) is 0 Å². The summed E-state index contributed by atoms with van der Waals surface area (Å²) in [6, 6.07) is 5.32. The topological polar surface area (TPSA) is 62.6 Å². The Balaban J connectivity index is 1.72. The molecule has 1 amide bonds. The van der Waals surface area contributed by atoms with E-state index in [9.17, 15) is 13.2 Å². The molecule has 30 heavy (non-hydrogen) atoms. The fourth-order valence-corrected chi connectivity index (χ4v) is 6.64. The molecule has 2 saturated heterocycles. The Morgan fingerprint density at radius 3 is 2.43 bits per heavy atom. The molecule has 1 atom stereocenters. The number of nitrogens with zero attached hydrogens (tertiary/aromatic N) is 3. The normalized spacial score (nSPS) is 22.0. The van der Waals surface area contributed by atoms with Gasteiger partial charge >= 0.3 is 0 Å². The number of carbonyl (C=O) groups excluding carboxylic acids is 1. The molecular formula is C22H31N3O3S2. The maximum Gasteiger partial charge on any atom is 0.271 e. The molecule has 0 N–H and O–H groups in total. The third kappa shape index (κ3) is 3.67. The molecule has 0 aliphatic carbocycles. The van der Waals surface area contributed by atoms with E-state index in [-0.39, 0.29) is 16.8 Å². The number of rotatable bonds is 3. The van der Waals surface area contributed by atoms with Gasteiger partial charge in [-0.15, -0.1) is 0 Å². The predicted molar refractivity (Wildman–Crippen MR) is 123 cm³/mol. The fraction of sp³-hybridized carbons (Fsp3) is 0.591. The van der Waals surface area contributed by atoms with Gasteiger partial charge in [0.1, 0.15) is 5.69 Å². The standard InChI is InChI=1S/C22H31N3O3S2/c1-15-9-12-23(13-10-15)30(27,28)18-7-8-20-19(14-18)17(3)21(25(20)29)22(26)24-11-5-4-6-16(24)2/h7-8,14-16,29H,4-6,9-13H2,1-3H3. The van der Waals surface area contributed by atoms with Crippen LogP contribution in [0.1, 0.15) is 62.0 Å². The van der Waals surface area contributed by atoms with E-state index in [2.05, 4.69) is 26.7 Å². The van der Waals surface area contributed by atoms with Gasteiger partial charge in [-0.2, -0.15) is 4.31 Å². The van der Waals surface area contributed by atoms with Gasteiger partial charge in [-0.05, 0) is 75.6 Å². The molecule has 6 nitrogen and oxygen atoms in total. The van der Waals surface area contributed by atoms with Crippen molar-refractivity contribution in [3.05, 3.63) is 29.5 Å². The summed E-state index contributed by atoms with van der Waals surface area (Å²) in [6.45, 7) is 8.01. The second-order valence-corrected chi connectivity index (χ2v) is 11.2. The first-order valence-corrected chi connectivity index (χ1v) is 12.7. The minimum Gasteiger partial charge on any atom is -0.335 e. The fourth-order valence-electron chi connectivity index (χ4n) is 4.73. The van der Waals surface area contributed by atoms with E-state index in [0.717, 1.165) is 55.1 Å². The Morgan fingerprint density at radius 1 is 1.07 bits per heavy atom. The van der Waals surface area contributed by atoms with Crippen LogP contribution in [0.5, 0.6) is 0 Å². The Kier molecular flexibility index (Phi) is 5.94. The average molecular weight is 450 g/mol. The number of sulfonamides is 1. The number of hydrogen-bond donors (Lipinski definition) is 1. The second-order valence-electron chi connectivity index (χ2n) is 8.89. The quantitative estimate of drug-likeness (QED) is 0.719. The molecule has 4 rings (SSSR count). The Labute approximate surface area is 184 Å². The summed E-state index contributed by atoms with van der Waals surface area (Å²) in [5, 5.41) is 0.768. The van der Waals surface area contributed by atoms with E-state index in [1.165, 1.54) is 0 Å². The molecule has 1 aromatic carbocycles. The van der Waals surface area contributed by atoms with Crippen molar-refractivity contribution in [1.82, 2.24) is 13.2 Å². The van der Waals surface area contributed by atoms with Gasteiger partial charge in [-0.25, -0.2) is 8.42 Å². The predicted octanol–water partition coefficient (Wildman–Crippen LogP) is 4.08. The molecule has 2 fully saturated rings. The lowest BCUT2D eigenvalue weighted by Gasteiger charge is -2.33. The first kappa shape index (κ1) is 21.7. The van der Waals surface area contributed by atoms with Crippen LogP contribution in [-0.4, -0.2) is 53.2 Å². The van der Waals surface area contributed by atoms with E-state index in [1.807, 2.05) is 11.8 Å². The maximum atomic E-state index is 13.3. The molecule has 1 unspecified atom stereocenters. The second kappa shape index (κ2) is 8.20. The van der Waals surface area contributed by atoms with Crippen LogP contribution in [0, 0.1) is 12.8 Å². The number of piperidine rings is 2. The highest BCUT2D eigenvalue weighted by atomic mass is 32.2. The Bertz CT molecular complexity index is 1070. The van der Waals surface area contributed by atoms with Crippen LogP contribution >= 0.6 is 12.8 Å². The van der Waals surface area contributed by atoms with Crippen molar-refractivity contribution in [3.63, 3.8) is 0 Å². The monoisotopic (exact) mass is 449 g/mol. The number of likely N-dealkylation sites (tertiary alicyclic amines) is 1. The van der Waals surface area contributed by atoms with Gasteiger partial charge in [0.2, 0.25) is 10.0 Å². The number of carbonyl (C=O) groups is 1. The van der Waals surface area contributed by atoms with Crippen LogP contribution in [-0.2, 0) is 10.0 Å². The lowest BCUT2D eigenvalue weighted by Crippen LogP contribution is -2.42.